The maximum absolute atomic E-state index is 5.16. The Morgan fingerprint density at radius 3 is 1.15 bits per heavy atom. The first-order valence-corrected chi connectivity index (χ1v) is 21.9. The number of imidazole rings is 1. The minimum Gasteiger partial charge on any atom is -0.311 e. The lowest BCUT2D eigenvalue weighted by Crippen LogP contribution is -2.10. The topological polar surface area (TPSA) is 36.7 Å². The summed E-state index contributed by atoms with van der Waals surface area (Å²) in [4.78, 5) is 14.1. The summed E-state index contributed by atoms with van der Waals surface area (Å²) in [6.07, 6.45) is 5.77. The van der Waals surface area contributed by atoms with Gasteiger partial charge in [0.25, 0.3) is 0 Å². The normalized spacial score (nSPS) is 11.1. The second kappa shape index (κ2) is 17.5. The molecule has 0 atom stereocenters. The van der Waals surface area contributed by atoms with Crippen LogP contribution in [0.1, 0.15) is 0 Å². The number of pyridine rings is 2. The summed E-state index contributed by atoms with van der Waals surface area (Å²) in [5.74, 6) is 0. The van der Waals surface area contributed by atoms with Crippen LogP contribution >= 0.6 is 0 Å². The van der Waals surface area contributed by atoms with E-state index in [1.54, 1.807) is 0 Å². The average molecular weight is 834 g/mol. The van der Waals surface area contributed by atoms with Crippen LogP contribution in [0.4, 0.5) is 34.1 Å². The summed E-state index contributed by atoms with van der Waals surface area (Å²) in [6, 6.07) is 85.8. The molecule has 0 unspecified atom stereocenters. The highest BCUT2D eigenvalue weighted by atomic mass is 15.1. The third-order valence-electron chi connectivity index (χ3n) is 11.9. The average Bonchev–Trinajstić information content (AvgIpc) is 3.79. The molecule has 0 amide bonds. The van der Waals surface area contributed by atoms with Crippen LogP contribution in [0, 0.1) is 0 Å². The molecule has 0 N–H and O–H groups in total. The van der Waals surface area contributed by atoms with Crippen LogP contribution in [-0.4, -0.2) is 14.4 Å². The molecule has 0 radical (unpaired) electrons. The lowest BCUT2D eigenvalue weighted by molar-refractivity contribution is 1.19. The Kier molecular flexibility index (Phi) is 10.5. The van der Waals surface area contributed by atoms with Gasteiger partial charge in [-0.1, -0.05) is 158 Å². The maximum Gasteiger partial charge on any atom is 0.137 e. The molecule has 3 aromatic heterocycles. The summed E-state index contributed by atoms with van der Waals surface area (Å²) in [5.41, 5.74) is 18.4. The van der Waals surface area contributed by atoms with E-state index in [1.807, 2.05) is 24.5 Å². The third kappa shape index (κ3) is 7.95. The van der Waals surface area contributed by atoms with Gasteiger partial charge in [0.1, 0.15) is 5.65 Å². The van der Waals surface area contributed by atoms with Gasteiger partial charge in [-0.2, -0.15) is 0 Å². The number of hydrogen-bond acceptors (Lipinski definition) is 4. The summed E-state index contributed by atoms with van der Waals surface area (Å²) >= 11 is 0. The standard InChI is InChI=1S/C60H43N5/c1-4-13-44(14-5-1)46-22-30-52(31-23-46)64(53-32-24-47(25-33-53)45-15-6-2-7-16-45)54-34-26-48(27-35-54)49-28-36-55(37-29-49)65(56-38-40-61-41-39-56)57-20-12-19-51(43-57)59-60(50-17-8-3-9-18-50)63-42-11-10-21-58(63)62-59/h1-43H. The molecular weight excluding hydrogens is 791 g/mol. The van der Waals surface area contributed by atoms with Crippen molar-refractivity contribution in [2.45, 2.75) is 0 Å². The van der Waals surface area contributed by atoms with Crippen LogP contribution in [-0.2, 0) is 0 Å². The highest BCUT2D eigenvalue weighted by Gasteiger charge is 2.19. The monoisotopic (exact) mass is 833 g/mol. The number of nitrogens with zero attached hydrogens (tertiary/aromatic N) is 5. The van der Waals surface area contributed by atoms with Crippen molar-refractivity contribution >= 4 is 39.8 Å². The molecule has 0 aliphatic carbocycles. The molecule has 8 aromatic carbocycles. The number of aromatic nitrogens is 3. The molecule has 0 aliphatic heterocycles. The van der Waals surface area contributed by atoms with E-state index in [0.717, 1.165) is 73.4 Å². The van der Waals surface area contributed by atoms with Crippen molar-refractivity contribution in [3.8, 4) is 55.9 Å². The predicted molar refractivity (Wildman–Crippen MR) is 270 cm³/mol. The van der Waals surface area contributed by atoms with Gasteiger partial charge in [0, 0.05) is 63.8 Å². The molecule has 0 saturated heterocycles. The Balaban J connectivity index is 0.919. The van der Waals surface area contributed by atoms with E-state index in [-0.39, 0.29) is 0 Å². The zero-order chi connectivity index (χ0) is 43.4. The maximum atomic E-state index is 5.16. The highest BCUT2D eigenvalue weighted by molar-refractivity contribution is 5.87. The molecule has 0 saturated carbocycles. The minimum absolute atomic E-state index is 0.907. The largest absolute Gasteiger partial charge is 0.311 e. The van der Waals surface area contributed by atoms with Crippen molar-refractivity contribution in [1.29, 1.82) is 0 Å². The smallest absolute Gasteiger partial charge is 0.137 e. The van der Waals surface area contributed by atoms with Gasteiger partial charge in [-0.25, -0.2) is 4.98 Å². The summed E-state index contributed by atoms with van der Waals surface area (Å²) in [5, 5.41) is 0. The van der Waals surface area contributed by atoms with E-state index < -0.39 is 0 Å². The van der Waals surface area contributed by atoms with Crippen LogP contribution in [0.25, 0.3) is 61.5 Å². The lowest BCUT2D eigenvalue weighted by Gasteiger charge is -2.26. The van der Waals surface area contributed by atoms with E-state index in [1.165, 1.54) is 22.3 Å². The molecule has 3 heterocycles. The Morgan fingerprint density at radius 2 is 0.677 bits per heavy atom. The van der Waals surface area contributed by atoms with Gasteiger partial charge in [-0.05, 0) is 118 Å². The van der Waals surface area contributed by atoms with Gasteiger partial charge < -0.3 is 9.80 Å². The predicted octanol–water partition coefficient (Wildman–Crippen LogP) is 16.0. The molecule has 11 aromatic rings. The van der Waals surface area contributed by atoms with Crippen molar-refractivity contribution in [2.75, 3.05) is 9.80 Å². The second-order valence-corrected chi connectivity index (χ2v) is 15.9. The minimum atomic E-state index is 0.907. The van der Waals surface area contributed by atoms with Gasteiger partial charge >= 0.3 is 0 Å². The van der Waals surface area contributed by atoms with Crippen LogP contribution in [0.3, 0.4) is 0 Å². The lowest BCUT2D eigenvalue weighted by atomic mass is 10.0. The van der Waals surface area contributed by atoms with Gasteiger partial charge in [-0.3, -0.25) is 9.38 Å². The van der Waals surface area contributed by atoms with Crippen LogP contribution in [0.2, 0.25) is 0 Å². The molecule has 0 aliphatic rings. The van der Waals surface area contributed by atoms with Crippen molar-refractivity contribution in [3.05, 3.63) is 261 Å². The van der Waals surface area contributed by atoms with E-state index >= 15 is 0 Å². The van der Waals surface area contributed by atoms with Crippen molar-refractivity contribution < 1.29 is 0 Å². The number of benzene rings is 8. The molecule has 65 heavy (non-hydrogen) atoms. The van der Waals surface area contributed by atoms with Gasteiger partial charge in [0.05, 0.1) is 11.4 Å². The van der Waals surface area contributed by atoms with Crippen molar-refractivity contribution in [3.63, 3.8) is 0 Å². The SMILES string of the molecule is c1ccc(-c2ccc(N(c3ccc(-c4ccccc4)cc3)c3ccc(-c4ccc(N(c5ccncc5)c5cccc(-c6nc7ccccn7c6-c6ccccc6)c5)cc4)cc3)cc2)cc1. The van der Waals surface area contributed by atoms with E-state index in [9.17, 15) is 0 Å². The quantitative estimate of drug-likeness (QED) is 0.130. The third-order valence-corrected chi connectivity index (χ3v) is 11.9. The van der Waals surface area contributed by atoms with Crippen molar-refractivity contribution in [1.82, 2.24) is 14.4 Å². The number of hydrogen-bond donors (Lipinski definition) is 0. The van der Waals surface area contributed by atoms with Crippen LogP contribution in [0.15, 0.2) is 261 Å². The fourth-order valence-electron chi connectivity index (χ4n) is 8.72. The molecule has 11 rings (SSSR count). The van der Waals surface area contributed by atoms with Crippen LogP contribution in [0.5, 0.6) is 0 Å². The Hall–Kier alpha value is -8.80. The molecule has 0 bridgehead atoms. The summed E-state index contributed by atoms with van der Waals surface area (Å²) in [6.45, 7) is 0. The summed E-state index contributed by atoms with van der Waals surface area (Å²) < 4.78 is 2.17. The second-order valence-electron chi connectivity index (χ2n) is 15.9. The van der Waals surface area contributed by atoms with E-state index in [0.29, 0.717) is 0 Å². The zero-order valence-corrected chi connectivity index (χ0v) is 35.6. The Bertz CT molecular complexity index is 3230. The first-order chi connectivity index (χ1) is 32.2. The number of rotatable bonds is 11. The first kappa shape index (κ1) is 39.1. The molecule has 308 valence electrons. The Morgan fingerprint density at radius 1 is 0.292 bits per heavy atom. The molecular formula is C60H43N5. The first-order valence-electron chi connectivity index (χ1n) is 21.9. The molecule has 0 spiro atoms. The molecule has 5 nitrogen and oxygen atoms in total. The fourth-order valence-corrected chi connectivity index (χ4v) is 8.72. The van der Waals surface area contributed by atoms with Gasteiger partial charge in [0.2, 0.25) is 0 Å². The van der Waals surface area contributed by atoms with Crippen molar-refractivity contribution in [2.24, 2.45) is 0 Å². The molecule has 5 heteroatoms. The van der Waals surface area contributed by atoms with Gasteiger partial charge in [-0.15, -0.1) is 0 Å². The van der Waals surface area contributed by atoms with Crippen LogP contribution < -0.4 is 9.80 Å². The van der Waals surface area contributed by atoms with E-state index in [4.69, 9.17) is 4.98 Å². The number of anilines is 6. The van der Waals surface area contributed by atoms with Gasteiger partial charge in [0.15, 0.2) is 0 Å². The highest BCUT2D eigenvalue weighted by Crippen LogP contribution is 2.41. The fraction of sp³-hybridized carbons (Fsp3) is 0. The van der Waals surface area contributed by atoms with E-state index in [2.05, 4.69) is 256 Å². The molecule has 0 fully saturated rings. The number of fused-ring (bicyclic) bond motifs is 1. The Labute approximate surface area is 379 Å². The summed E-state index contributed by atoms with van der Waals surface area (Å²) in [7, 11) is 0. The zero-order valence-electron chi connectivity index (χ0n) is 35.6.